The lowest BCUT2D eigenvalue weighted by Crippen LogP contribution is -2.66. The van der Waals surface area contributed by atoms with E-state index in [0.717, 1.165) is 38.5 Å². The van der Waals surface area contributed by atoms with E-state index in [2.05, 4.69) is 24.5 Å². The summed E-state index contributed by atoms with van der Waals surface area (Å²) in [7, 11) is 0. The van der Waals surface area contributed by atoms with Crippen molar-refractivity contribution in [3.63, 3.8) is 0 Å². The smallest absolute Gasteiger partial charge is 0.322 e. The molecule has 0 saturated carbocycles. The Kier molecular flexibility index (Phi) is 28.6. The first-order valence-corrected chi connectivity index (χ1v) is 20.9. The van der Waals surface area contributed by atoms with E-state index in [0.29, 0.717) is 12.8 Å². The van der Waals surface area contributed by atoms with Gasteiger partial charge in [0.25, 0.3) is 5.91 Å². The third kappa shape index (κ3) is 22.1. The number of aliphatic hydroxyl groups excluding tert-OH is 3. The summed E-state index contributed by atoms with van der Waals surface area (Å²) in [5.74, 6) is -3.19. The SMILES string of the molecule is CCCCCCCCCCCCCCCCCCN(C(=O)CCCCCCCCCCC)[C@@H]1O[C@H](C(=O)NCC(=O)NCC(=O)O)[C@@H](O)[C@H](O)[C@H]1O. The molecular weight excluding hydrogens is 666 g/mol. The molecule has 0 aliphatic carbocycles. The molecule has 1 aliphatic heterocycles. The molecule has 0 radical (unpaired) electrons. The third-order valence-corrected chi connectivity index (χ3v) is 10.1. The summed E-state index contributed by atoms with van der Waals surface area (Å²) < 4.78 is 5.84. The Hall–Kier alpha value is -2.28. The van der Waals surface area contributed by atoms with Crippen molar-refractivity contribution >= 4 is 23.7 Å². The monoisotopic (exact) mass is 742 g/mol. The lowest BCUT2D eigenvalue weighted by molar-refractivity contribution is -0.252. The number of aliphatic carboxylic acids is 1. The number of carboxylic acid groups (broad SMARTS) is 1. The summed E-state index contributed by atoms with van der Waals surface area (Å²) in [5, 5.41) is 45.4. The van der Waals surface area contributed by atoms with Gasteiger partial charge in [0.05, 0.1) is 6.54 Å². The van der Waals surface area contributed by atoms with Crippen molar-refractivity contribution in [2.45, 2.75) is 211 Å². The number of carbonyl (C=O) groups is 4. The van der Waals surface area contributed by atoms with E-state index >= 15 is 0 Å². The van der Waals surface area contributed by atoms with Crippen LogP contribution < -0.4 is 10.6 Å². The molecule has 0 aromatic rings. The van der Waals surface area contributed by atoms with Gasteiger partial charge in [-0.25, -0.2) is 0 Å². The summed E-state index contributed by atoms with van der Waals surface area (Å²) in [6.07, 6.45) is 21.3. The van der Waals surface area contributed by atoms with E-state index in [4.69, 9.17) is 9.84 Å². The highest BCUT2D eigenvalue weighted by molar-refractivity contribution is 5.88. The number of carbonyl (C=O) groups excluding carboxylic acids is 3. The summed E-state index contributed by atoms with van der Waals surface area (Å²) >= 11 is 0. The van der Waals surface area contributed by atoms with Gasteiger partial charge in [-0.2, -0.15) is 0 Å². The van der Waals surface area contributed by atoms with Crippen molar-refractivity contribution in [3.05, 3.63) is 0 Å². The lowest BCUT2D eigenvalue weighted by atomic mass is 9.96. The molecule has 1 aliphatic rings. The van der Waals surface area contributed by atoms with Gasteiger partial charge in [0.1, 0.15) is 24.9 Å². The fraction of sp³-hybridized carbons (Fsp3) is 0.900. The molecule has 52 heavy (non-hydrogen) atoms. The van der Waals surface area contributed by atoms with E-state index in [-0.39, 0.29) is 18.9 Å². The molecule has 6 N–H and O–H groups in total. The van der Waals surface area contributed by atoms with Crippen molar-refractivity contribution in [3.8, 4) is 0 Å². The molecule has 1 heterocycles. The van der Waals surface area contributed by atoms with Crippen LogP contribution in [0, 0.1) is 0 Å². The Balaban J connectivity index is 2.63. The molecule has 0 spiro atoms. The van der Waals surface area contributed by atoms with Crippen LogP contribution in [0.25, 0.3) is 0 Å². The van der Waals surface area contributed by atoms with Crippen LogP contribution in [0.15, 0.2) is 0 Å². The van der Waals surface area contributed by atoms with Gasteiger partial charge in [0.15, 0.2) is 12.3 Å². The third-order valence-electron chi connectivity index (χ3n) is 10.1. The van der Waals surface area contributed by atoms with Crippen molar-refractivity contribution in [2.75, 3.05) is 19.6 Å². The molecule has 1 rings (SSSR count). The van der Waals surface area contributed by atoms with E-state index in [1.54, 1.807) is 0 Å². The predicted octanol–water partition coefficient (Wildman–Crippen LogP) is 6.12. The van der Waals surface area contributed by atoms with Crippen LogP contribution >= 0.6 is 0 Å². The molecule has 0 bridgehead atoms. The summed E-state index contributed by atoms with van der Waals surface area (Å²) in [4.78, 5) is 50.5. The second-order valence-electron chi connectivity index (χ2n) is 14.8. The molecule has 304 valence electrons. The Morgan fingerprint density at radius 2 is 0.962 bits per heavy atom. The fourth-order valence-electron chi connectivity index (χ4n) is 6.79. The van der Waals surface area contributed by atoms with Gasteiger partial charge in [-0.3, -0.25) is 19.2 Å². The first kappa shape index (κ1) is 47.7. The average Bonchev–Trinajstić information content (AvgIpc) is 3.13. The van der Waals surface area contributed by atoms with Crippen LogP contribution in [-0.4, -0.2) is 99.3 Å². The second kappa shape index (κ2) is 31.1. The molecule has 12 heteroatoms. The minimum atomic E-state index is -1.81. The maximum atomic E-state index is 13.6. The highest BCUT2D eigenvalue weighted by atomic mass is 16.6. The quantitative estimate of drug-likeness (QED) is 0.0431. The van der Waals surface area contributed by atoms with Crippen LogP contribution in [0.3, 0.4) is 0 Å². The molecule has 1 saturated heterocycles. The van der Waals surface area contributed by atoms with Gasteiger partial charge in [-0.05, 0) is 12.8 Å². The normalized spacial score (nSPS) is 20.1. The second-order valence-corrected chi connectivity index (χ2v) is 14.8. The van der Waals surface area contributed by atoms with E-state index < -0.39 is 61.5 Å². The summed E-state index contributed by atoms with van der Waals surface area (Å²) in [5.41, 5.74) is 0. The van der Waals surface area contributed by atoms with Crippen LogP contribution in [0.1, 0.15) is 181 Å². The van der Waals surface area contributed by atoms with Gasteiger partial charge in [0, 0.05) is 13.0 Å². The zero-order chi connectivity index (χ0) is 38.4. The van der Waals surface area contributed by atoms with Crippen molar-refractivity contribution in [1.82, 2.24) is 15.5 Å². The zero-order valence-corrected chi connectivity index (χ0v) is 32.7. The van der Waals surface area contributed by atoms with Crippen molar-refractivity contribution in [2.24, 2.45) is 0 Å². The Morgan fingerprint density at radius 3 is 1.40 bits per heavy atom. The van der Waals surface area contributed by atoms with E-state index in [1.807, 2.05) is 0 Å². The van der Waals surface area contributed by atoms with Crippen molar-refractivity contribution < 1.29 is 44.3 Å². The minimum absolute atomic E-state index is 0.237. The van der Waals surface area contributed by atoms with Crippen molar-refractivity contribution in [1.29, 1.82) is 0 Å². The molecule has 5 atom stereocenters. The Morgan fingerprint density at radius 1 is 0.538 bits per heavy atom. The molecule has 0 unspecified atom stereocenters. The first-order chi connectivity index (χ1) is 25.1. The van der Waals surface area contributed by atoms with Crippen LogP contribution in [0.4, 0.5) is 0 Å². The van der Waals surface area contributed by atoms with Gasteiger partial charge in [-0.15, -0.1) is 0 Å². The molecule has 0 aromatic carbocycles. The number of hydrogen-bond acceptors (Lipinski definition) is 8. The minimum Gasteiger partial charge on any atom is -0.480 e. The lowest BCUT2D eigenvalue weighted by Gasteiger charge is -2.44. The molecule has 3 amide bonds. The topological polar surface area (TPSA) is 186 Å². The number of nitrogens with zero attached hydrogens (tertiary/aromatic N) is 1. The number of hydrogen-bond donors (Lipinski definition) is 6. The molecule has 1 fully saturated rings. The van der Waals surface area contributed by atoms with Gasteiger partial charge in [0.2, 0.25) is 11.8 Å². The fourth-order valence-corrected chi connectivity index (χ4v) is 6.79. The number of aliphatic hydroxyl groups is 3. The van der Waals surface area contributed by atoms with Crippen LogP contribution in [0.2, 0.25) is 0 Å². The number of carboxylic acids is 1. The average molecular weight is 742 g/mol. The predicted molar refractivity (Wildman–Crippen MR) is 203 cm³/mol. The number of ether oxygens (including phenoxy) is 1. The van der Waals surface area contributed by atoms with E-state index in [1.165, 1.54) is 114 Å². The largest absolute Gasteiger partial charge is 0.480 e. The molecular formula is C40H75N3O9. The maximum Gasteiger partial charge on any atom is 0.322 e. The number of unbranched alkanes of at least 4 members (excludes halogenated alkanes) is 23. The maximum absolute atomic E-state index is 13.6. The molecule has 12 nitrogen and oxygen atoms in total. The Bertz CT molecular complexity index is 953. The number of amides is 3. The highest BCUT2D eigenvalue weighted by Gasteiger charge is 2.49. The van der Waals surface area contributed by atoms with Gasteiger partial charge >= 0.3 is 5.97 Å². The van der Waals surface area contributed by atoms with Gasteiger partial charge in [-0.1, -0.05) is 162 Å². The Labute approximate surface area is 314 Å². The number of nitrogens with one attached hydrogen (secondary N) is 2. The highest BCUT2D eigenvalue weighted by Crippen LogP contribution is 2.26. The zero-order valence-electron chi connectivity index (χ0n) is 32.7. The van der Waals surface area contributed by atoms with E-state index in [9.17, 15) is 34.5 Å². The van der Waals surface area contributed by atoms with Crippen LogP contribution in [-0.2, 0) is 23.9 Å². The van der Waals surface area contributed by atoms with Gasteiger partial charge < -0.3 is 40.7 Å². The standard InChI is InChI=1S/C40H75N3O9/c1-3-5-7-9-11-13-14-15-16-17-18-19-21-23-25-27-29-43(33(45)28-26-24-22-20-12-10-8-6-4-2)40-37(50)35(48)36(49)38(52-40)39(51)42-30-32(44)41-31-34(46)47/h35-38,40,48-50H,3-31H2,1-2H3,(H,41,44)(H,42,51)(H,46,47)/t35-,36-,37+,38-,40+/m0/s1. The first-order valence-electron chi connectivity index (χ1n) is 20.9. The summed E-state index contributed by atoms with van der Waals surface area (Å²) in [6.45, 7) is 3.51. The molecule has 0 aromatic heterocycles. The van der Waals surface area contributed by atoms with Crippen LogP contribution in [0.5, 0.6) is 0 Å². The number of rotatable bonds is 33. The summed E-state index contributed by atoms with van der Waals surface area (Å²) in [6, 6.07) is 0.